The van der Waals surface area contributed by atoms with Crippen molar-refractivity contribution >= 4 is 44.9 Å². The average molecular weight is 571 g/mol. The molecule has 0 radical (unpaired) electrons. The SMILES string of the molecule is CC[C@@H]([C@H](C)S(=O)(=O)C(C)(C)C)N1C(=O)[C@@H](CC(=O)O)O[C@H](c2cccc(Cl)c2)[C@H]1c1ccc(Cl)cc1. The van der Waals surface area contributed by atoms with E-state index in [4.69, 9.17) is 27.9 Å². The van der Waals surface area contributed by atoms with Crippen LogP contribution in [0.15, 0.2) is 48.5 Å². The van der Waals surface area contributed by atoms with Gasteiger partial charge in [0.25, 0.3) is 5.91 Å². The summed E-state index contributed by atoms with van der Waals surface area (Å²) in [5.74, 6) is -1.76. The van der Waals surface area contributed by atoms with Gasteiger partial charge in [0.1, 0.15) is 12.2 Å². The number of ether oxygens (including phenoxy) is 1. The number of benzene rings is 2. The maximum atomic E-state index is 13.9. The maximum absolute atomic E-state index is 13.9. The van der Waals surface area contributed by atoms with Gasteiger partial charge in [-0.2, -0.15) is 0 Å². The van der Waals surface area contributed by atoms with Crippen LogP contribution in [0, 0.1) is 0 Å². The molecule has 1 fully saturated rings. The van der Waals surface area contributed by atoms with Crippen LogP contribution in [-0.4, -0.2) is 52.4 Å². The van der Waals surface area contributed by atoms with E-state index in [-0.39, 0.29) is 0 Å². The van der Waals surface area contributed by atoms with Crippen molar-refractivity contribution in [2.75, 3.05) is 0 Å². The van der Waals surface area contributed by atoms with Crippen LogP contribution in [0.4, 0.5) is 0 Å². The van der Waals surface area contributed by atoms with E-state index in [0.717, 1.165) is 0 Å². The first kappa shape index (κ1) is 29.4. The van der Waals surface area contributed by atoms with E-state index in [9.17, 15) is 23.1 Å². The van der Waals surface area contributed by atoms with E-state index < -0.39 is 62.4 Å². The second-order valence-corrected chi connectivity index (χ2v) is 14.2. The van der Waals surface area contributed by atoms with Crippen LogP contribution in [0.2, 0.25) is 10.0 Å². The van der Waals surface area contributed by atoms with Crippen molar-refractivity contribution in [3.05, 3.63) is 69.7 Å². The summed E-state index contributed by atoms with van der Waals surface area (Å²) in [5.41, 5.74) is 1.32. The number of hydrogen-bond acceptors (Lipinski definition) is 5. The highest BCUT2D eigenvalue weighted by atomic mass is 35.5. The molecule has 1 amide bonds. The standard InChI is InChI=1S/C27H33Cl2NO6S/c1-6-21(16(2)37(34,35)27(3,4)5)30-24(17-10-12-19(28)13-11-17)25(18-8-7-9-20(29)14-18)36-22(26(30)33)15-23(31)32/h7-14,16,21-22,24-25H,6,15H2,1-5H3,(H,31,32)/t16-,21-,22+,24+,25+/m0/s1. The van der Waals surface area contributed by atoms with E-state index in [2.05, 4.69) is 0 Å². The van der Waals surface area contributed by atoms with Gasteiger partial charge in [-0.25, -0.2) is 8.42 Å². The lowest BCUT2D eigenvalue weighted by atomic mass is 9.89. The van der Waals surface area contributed by atoms with Crippen molar-refractivity contribution < 1.29 is 27.9 Å². The Kier molecular flexibility index (Phi) is 9.00. The lowest BCUT2D eigenvalue weighted by Crippen LogP contribution is -2.59. The lowest BCUT2D eigenvalue weighted by Gasteiger charge is -2.49. The first-order valence-corrected chi connectivity index (χ1v) is 14.4. The van der Waals surface area contributed by atoms with Gasteiger partial charge >= 0.3 is 5.97 Å². The first-order chi connectivity index (χ1) is 17.2. The zero-order chi connectivity index (χ0) is 27.7. The van der Waals surface area contributed by atoms with Crippen molar-refractivity contribution in [3.8, 4) is 0 Å². The zero-order valence-corrected chi connectivity index (χ0v) is 23.8. The lowest BCUT2D eigenvalue weighted by molar-refractivity contribution is -0.183. The molecule has 1 saturated heterocycles. The number of carbonyl (C=O) groups is 2. The van der Waals surface area contributed by atoms with Crippen LogP contribution in [-0.2, 0) is 24.2 Å². The van der Waals surface area contributed by atoms with E-state index in [0.29, 0.717) is 27.6 Å². The highest BCUT2D eigenvalue weighted by Crippen LogP contribution is 2.45. The molecule has 37 heavy (non-hydrogen) atoms. The quantitative estimate of drug-likeness (QED) is 0.427. The number of nitrogens with zero attached hydrogens (tertiary/aromatic N) is 1. The molecule has 0 unspecified atom stereocenters. The Bertz CT molecular complexity index is 1240. The molecule has 1 aliphatic rings. The minimum Gasteiger partial charge on any atom is -0.481 e. The number of carboxylic acid groups (broad SMARTS) is 1. The number of aliphatic carboxylic acids is 1. The van der Waals surface area contributed by atoms with Crippen molar-refractivity contribution in [2.45, 2.75) is 81.7 Å². The van der Waals surface area contributed by atoms with Gasteiger partial charge in [-0.05, 0) is 69.5 Å². The molecule has 2 aromatic rings. The van der Waals surface area contributed by atoms with Crippen LogP contribution in [0.5, 0.6) is 0 Å². The Morgan fingerprint density at radius 2 is 1.70 bits per heavy atom. The molecule has 202 valence electrons. The topological polar surface area (TPSA) is 101 Å². The highest BCUT2D eigenvalue weighted by molar-refractivity contribution is 7.93. The second-order valence-electron chi connectivity index (χ2n) is 10.3. The highest BCUT2D eigenvalue weighted by Gasteiger charge is 2.50. The Morgan fingerprint density at radius 3 is 2.22 bits per heavy atom. The Hall–Kier alpha value is -2.13. The molecule has 2 aromatic carbocycles. The van der Waals surface area contributed by atoms with Gasteiger partial charge in [0.05, 0.1) is 22.5 Å². The van der Waals surface area contributed by atoms with E-state index in [1.807, 2.05) is 6.92 Å². The van der Waals surface area contributed by atoms with Crippen LogP contribution < -0.4 is 0 Å². The summed E-state index contributed by atoms with van der Waals surface area (Å²) in [5, 5.41) is 9.56. The van der Waals surface area contributed by atoms with Gasteiger partial charge in [0, 0.05) is 16.1 Å². The number of hydrogen-bond donors (Lipinski definition) is 1. The summed E-state index contributed by atoms with van der Waals surface area (Å²) >= 11 is 12.4. The normalized spacial score (nSPS) is 22.5. The molecule has 1 heterocycles. The predicted octanol–water partition coefficient (Wildman–Crippen LogP) is 5.86. The molecule has 7 nitrogen and oxygen atoms in total. The fourth-order valence-electron chi connectivity index (χ4n) is 4.88. The Balaban J connectivity index is 2.26. The molecular weight excluding hydrogens is 537 g/mol. The second kappa shape index (κ2) is 11.3. The summed E-state index contributed by atoms with van der Waals surface area (Å²) in [4.78, 5) is 27.1. The molecule has 10 heteroatoms. The maximum Gasteiger partial charge on any atom is 0.306 e. The molecule has 0 bridgehead atoms. The fourth-order valence-corrected chi connectivity index (χ4v) is 7.06. The number of rotatable bonds is 8. The largest absolute Gasteiger partial charge is 0.481 e. The van der Waals surface area contributed by atoms with Gasteiger partial charge in [0.15, 0.2) is 9.84 Å². The van der Waals surface area contributed by atoms with E-state index >= 15 is 0 Å². The Labute approximate surface area is 228 Å². The van der Waals surface area contributed by atoms with Crippen molar-refractivity contribution in [1.29, 1.82) is 0 Å². The molecule has 0 saturated carbocycles. The summed E-state index contributed by atoms with van der Waals surface area (Å²) in [6, 6.07) is 12.4. The van der Waals surface area contributed by atoms with Crippen molar-refractivity contribution in [3.63, 3.8) is 0 Å². The van der Waals surface area contributed by atoms with Crippen LogP contribution in [0.1, 0.15) is 70.7 Å². The van der Waals surface area contributed by atoms with Gasteiger partial charge in [-0.15, -0.1) is 0 Å². The minimum atomic E-state index is -3.70. The van der Waals surface area contributed by atoms with Crippen molar-refractivity contribution in [1.82, 2.24) is 4.90 Å². The first-order valence-electron chi connectivity index (χ1n) is 12.1. The molecule has 1 aliphatic heterocycles. The van der Waals surface area contributed by atoms with Crippen LogP contribution >= 0.6 is 23.2 Å². The van der Waals surface area contributed by atoms with Crippen molar-refractivity contribution in [2.24, 2.45) is 0 Å². The van der Waals surface area contributed by atoms with E-state index in [1.165, 1.54) is 4.90 Å². The third kappa shape index (κ3) is 6.14. The Morgan fingerprint density at radius 1 is 1.08 bits per heavy atom. The smallest absolute Gasteiger partial charge is 0.306 e. The monoisotopic (exact) mass is 569 g/mol. The summed E-state index contributed by atoms with van der Waals surface area (Å²) < 4.78 is 32.2. The van der Waals surface area contributed by atoms with Gasteiger partial charge < -0.3 is 14.7 Å². The molecule has 3 rings (SSSR count). The minimum absolute atomic E-state index is 0.328. The molecular formula is C27H33Cl2NO6S. The third-order valence-electron chi connectivity index (χ3n) is 6.84. The summed E-state index contributed by atoms with van der Waals surface area (Å²) in [6.07, 6.45) is -2.34. The molecule has 1 N–H and O–H groups in total. The average Bonchev–Trinajstić information content (AvgIpc) is 2.81. The predicted molar refractivity (Wildman–Crippen MR) is 145 cm³/mol. The summed E-state index contributed by atoms with van der Waals surface area (Å²) in [6.45, 7) is 8.32. The summed E-state index contributed by atoms with van der Waals surface area (Å²) in [7, 11) is -3.70. The fraction of sp³-hybridized carbons (Fsp3) is 0.481. The number of morpholine rings is 1. The molecule has 0 aliphatic carbocycles. The molecule has 0 aromatic heterocycles. The number of carbonyl (C=O) groups excluding carboxylic acids is 1. The van der Waals surface area contributed by atoms with E-state index in [1.54, 1.807) is 76.2 Å². The zero-order valence-electron chi connectivity index (χ0n) is 21.5. The van der Waals surface area contributed by atoms with Crippen LogP contribution in [0.25, 0.3) is 0 Å². The number of halogens is 2. The molecule has 5 atom stereocenters. The van der Waals surface area contributed by atoms with Gasteiger partial charge in [0.2, 0.25) is 0 Å². The van der Waals surface area contributed by atoms with Crippen LogP contribution in [0.3, 0.4) is 0 Å². The number of sulfone groups is 1. The molecule has 0 spiro atoms. The van der Waals surface area contributed by atoms with Gasteiger partial charge in [-0.3, -0.25) is 9.59 Å². The third-order valence-corrected chi connectivity index (χ3v) is 10.3. The van der Waals surface area contributed by atoms with Gasteiger partial charge in [-0.1, -0.05) is 54.4 Å². The number of carboxylic acids is 1. The number of amides is 1.